The van der Waals surface area contributed by atoms with Crippen LogP contribution in [0, 0.1) is 5.92 Å². The lowest BCUT2D eigenvalue weighted by Gasteiger charge is -2.06. The summed E-state index contributed by atoms with van der Waals surface area (Å²) in [6.07, 6.45) is 49.3. The van der Waals surface area contributed by atoms with Crippen LogP contribution in [-0.4, -0.2) is 25.2 Å². The molecule has 0 N–H and O–H groups in total. The van der Waals surface area contributed by atoms with E-state index in [1.54, 1.807) is 0 Å². The quantitative estimate of drug-likeness (QED) is 0.0367. The van der Waals surface area contributed by atoms with Crippen molar-refractivity contribution in [1.82, 2.24) is 0 Å². The summed E-state index contributed by atoms with van der Waals surface area (Å²) in [6.45, 7) is 11.9. The smallest absolute Gasteiger partial charge is 0.306 e. The van der Waals surface area contributed by atoms with E-state index in [-0.39, 0.29) is 11.9 Å². The molecule has 0 heterocycles. The van der Waals surface area contributed by atoms with E-state index in [1.807, 2.05) is 13.8 Å². The number of carbonyl (C=O) groups excluding carboxylic acids is 2. The van der Waals surface area contributed by atoms with Gasteiger partial charge in [0, 0.05) is 12.8 Å². The monoisotopic (exact) mass is 705 g/mol. The molecule has 0 aromatic carbocycles. The van der Waals surface area contributed by atoms with Crippen LogP contribution in [-0.2, 0) is 19.1 Å². The SMILES string of the molecule is CCCCCCCCCCCC=CCCCCCOC(=O)CC(C)C.CCCCCCCCCCCC=CCCCCCOC(=O)CCCC. The first-order chi connectivity index (χ1) is 24.5. The van der Waals surface area contributed by atoms with Gasteiger partial charge in [0.1, 0.15) is 0 Å². The first kappa shape index (κ1) is 50.5. The lowest BCUT2D eigenvalue weighted by molar-refractivity contribution is -0.145. The molecule has 50 heavy (non-hydrogen) atoms. The molecule has 0 saturated carbocycles. The van der Waals surface area contributed by atoms with Gasteiger partial charge in [0.2, 0.25) is 0 Å². The minimum absolute atomic E-state index is 0.0253. The Morgan fingerprint density at radius 3 is 1.04 bits per heavy atom. The van der Waals surface area contributed by atoms with Crippen molar-refractivity contribution in [3.05, 3.63) is 24.3 Å². The lowest BCUT2D eigenvalue weighted by Crippen LogP contribution is -2.08. The van der Waals surface area contributed by atoms with Crippen molar-refractivity contribution in [2.75, 3.05) is 13.2 Å². The molecular formula is C46H88O4. The number of unbranched alkanes of at least 4 members (excludes halogenated alkanes) is 25. The molecule has 0 aliphatic rings. The second-order valence-electron chi connectivity index (χ2n) is 15.0. The van der Waals surface area contributed by atoms with E-state index in [1.165, 1.54) is 148 Å². The van der Waals surface area contributed by atoms with Gasteiger partial charge in [0.25, 0.3) is 0 Å². The average molecular weight is 705 g/mol. The molecule has 4 heteroatoms. The maximum Gasteiger partial charge on any atom is 0.306 e. The summed E-state index contributed by atoms with van der Waals surface area (Å²) in [6, 6.07) is 0. The van der Waals surface area contributed by atoms with Crippen molar-refractivity contribution in [2.45, 2.75) is 240 Å². The number of rotatable bonds is 37. The Bertz CT molecular complexity index is 726. The predicted molar refractivity (Wildman–Crippen MR) is 220 cm³/mol. The van der Waals surface area contributed by atoms with E-state index < -0.39 is 0 Å². The molecule has 0 bridgehead atoms. The average Bonchev–Trinajstić information content (AvgIpc) is 3.10. The number of hydrogen-bond acceptors (Lipinski definition) is 4. The van der Waals surface area contributed by atoms with Crippen LogP contribution in [0.5, 0.6) is 0 Å². The second kappa shape index (κ2) is 45.4. The van der Waals surface area contributed by atoms with Crippen LogP contribution in [0.15, 0.2) is 24.3 Å². The molecule has 0 aromatic rings. The van der Waals surface area contributed by atoms with Gasteiger partial charge in [-0.3, -0.25) is 9.59 Å². The van der Waals surface area contributed by atoms with E-state index in [0.29, 0.717) is 32.0 Å². The highest BCUT2D eigenvalue weighted by molar-refractivity contribution is 5.69. The highest BCUT2D eigenvalue weighted by Gasteiger charge is 2.05. The van der Waals surface area contributed by atoms with Gasteiger partial charge in [-0.15, -0.1) is 0 Å². The first-order valence-corrected chi connectivity index (χ1v) is 22.1. The van der Waals surface area contributed by atoms with Crippen molar-refractivity contribution in [1.29, 1.82) is 0 Å². The fourth-order valence-corrected chi connectivity index (χ4v) is 5.86. The maximum absolute atomic E-state index is 11.4. The molecule has 0 spiro atoms. The summed E-state index contributed by atoms with van der Waals surface area (Å²) < 4.78 is 10.4. The van der Waals surface area contributed by atoms with E-state index in [0.717, 1.165) is 44.9 Å². The standard InChI is InChI=1S/2C23H44O2/c1-4-5-6-7-8-9-10-11-12-13-14-15-16-17-18-19-20-25-23(24)21-22(2)3;1-3-5-7-8-9-10-11-12-13-14-15-16-17-18-19-20-22-25-23(24)21-6-4-2/h14-15,22H,4-13,16-21H2,1-3H3;15-16H,3-14,17-22H2,1-2H3. The molecule has 0 atom stereocenters. The lowest BCUT2D eigenvalue weighted by atomic mass is 10.1. The summed E-state index contributed by atoms with van der Waals surface area (Å²) in [5, 5.41) is 0. The molecule has 0 rings (SSSR count). The third-order valence-corrected chi connectivity index (χ3v) is 9.15. The molecule has 0 radical (unpaired) electrons. The molecule has 0 aliphatic carbocycles. The van der Waals surface area contributed by atoms with Crippen LogP contribution in [0.25, 0.3) is 0 Å². The largest absolute Gasteiger partial charge is 0.466 e. The fourth-order valence-electron chi connectivity index (χ4n) is 5.86. The van der Waals surface area contributed by atoms with Crippen LogP contribution in [0.3, 0.4) is 0 Å². The van der Waals surface area contributed by atoms with Gasteiger partial charge in [-0.05, 0) is 89.4 Å². The van der Waals surface area contributed by atoms with Crippen molar-refractivity contribution >= 4 is 11.9 Å². The Labute approximate surface area is 313 Å². The van der Waals surface area contributed by atoms with Crippen molar-refractivity contribution in [2.24, 2.45) is 5.92 Å². The van der Waals surface area contributed by atoms with Gasteiger partial charge < -0.3 is 9.47 Å². The van der Waals surface area contributed by atoms with E-state index >= 15 is 0 Å². The summed E-state index contributed by atoms with van der Waals surface area (Å²) in [5.41, 5.74) is 0. The van der Waals surface area contributed by atoms with Crippen molar-refractivity contribution in [3.8, 4) is 0 Å². The van der Waals surface area contributed by atoms with Gasteiger partial charge in [0.15, 0.2) is 0 Å². The van der Waals surface area contributed by atoms with Crippen LogP contribution in [0.4, 0.5) is 0 Å². The Hall–Kier alpha value is -1.58. The summed E-state index contributed by atoms with van der Waals surface area (Å²) in [4.78, 5) is 22.7. The normalized spacial score (nSPS) is 11.4. The minimum Gasteiger partial charge on any atom is -0.466 e. The third-order valence-electron chi connectivity index (χ3n) is 9.15. The third kappa shape index (κ3) is 48.5. The molecule has 296 valence electrons. The predicted octanol–water partition coefficient (Wildman–Crippen LogP) is 15.4. The number of esters is 2. The highest BCUT2D eigenvalue weighted by atomic mass is 16.5. The molecule has 0 saturated heterocycles. The molecule has 0 unspecified atom stereocenters. The Kier molecular flexibility index (Phi) is 45.9. The summed E-state index contributed by atoms with van der Waals surface area (Å²) in [7, 11) is 0. The van der Waals surface area contributed by atoms with Crippen LogP contribution in [0.1, 0.15) is 240 Å². The topological polar surface area (TPSA) is 52.6 Å². The first-order valence-electron chi connectivity index (χ1n) is 22.1. The molecular weight excluding hydrogens is 617 g/mol. The Morgan fingerprint density at radius 2 is 0.700 bits per heavy atom. The van der Waals surface area contributed by atoms with Gasteiger partial charge >= 0.3 is 11.9 Å². The van der Waals surface area contributed by atoms with E-state index in [2.05, 4.69) is 45.1 Å². The maximum atomic E-state index is 11.4. The molecule has 0 amide bonds. The molecule has 0 fully saturated rings. The van der Waals surface area contributed by atoms with E-state index in [4.69, 9.17) is 9.47 Å². The zero-order chi connectivity index (χ0) is 37.0. The highest BCUT2D eigenvalue weighted by Crippen LogP contribution is 2.13. The summed E-state index contributed by atoms with van der Waals surface area (Å²) >= 11 is 0. The number of carbonyl (C=O) groups is 2. The van der Waals surface area contributed by atoms with Crippen LogP contribution in [0.2, 0.25) is 0 Å². The molecule has 4 nitrogen and oxygen atoms in total. The zero-order valence-corrected chi connectivity index (χ0v) is 34.6. The Balaban J connectivity index is 0. The number of ether oxygens (including phenoxy) is 2. The van der Waals surface area contributed by atoms with Crippen molar-refractivity contribution < 1.29 is 19.1 Å². The van der Waals surface area contributed by atoms with Gasteiger partial charge in [-0.2, -0.15) is 0 Å². The fraction of sp³-hybridized carbons (Fsp3) is 0.870. The van der Waals surface area contributed by atoms with Gasteiger partial charge in [-0.1, -0.05) is 168 Å². The van der Waals surface area contributed by atoms with Crippen LogP contribution < -0.4 is 0 Å². The molecule has 0 aliphatic heterocycles. The van der Waals surface area contributed by atoms with Gasteiger partial charge in [-0.25, -0.2) is 0 Å². The zero-order valence-electron chi connectivity index (χ0n) is 34.6. The van der Waals surface area contributed by atoms with Gasteiger partial charge in [0.05, 0.1) is 13.2 Å². The molecule has 0 aromatic heterocycles. The number of allylic oxidation sites excluding steroid dienone is 4. The second-order valence-corrected chi connectivity index (χ2v) is 15.0. The Morgan fingerprint density at radius 1 is 0.400 bits per heavy atom. The van der Waals surface area contributed by atoms with Crippen LogP contribution >= 0.6 is 0 Å². The number of hydrogen-bond donors (Lipinski definition) is 0. The van der Waals surface area contributed by atoms with E-state index in [9.17, 15) is 9.59 Å². The van der Waals surface area contributed by atoms with Crippen molar-refractivity contribution in [3.63, 3.8) is 0 Å². The minimum atomic E-state index is -0.0455. The summed E-state index contributed by atoms with van der Waals surface area (Å²) in [5.74, 6) is 0.321.